The Balaban J connectivity index is 2.31. The summed E-state index contributed by atoms with van der Waals surface area (Å²) >= 11 is 3.26. The molecule has 7 heteroatoms. The Morgan fingerprint density at radius 3 is 2.89 bits per heavy atom. The van der Waals surface area contributed by atoms with Crippen LogP contribution in [0.1, 0.15) is 24.2 Å². The first-order chi connectivity index (χ1) is 8.44. The number of hydrogen-bond acceptors (Lipinski definition) is 6. The highest BCUT2D eigenvalue weighted by Gasteiger charge is 2.31. The molecule has 0 bridgehead atoms. The largest absolute Gasteiger partial charge is 0.382 e. The van der Waals surface area contributed by atoms with Crippen molar-refractivity contribution in [3.8, 4) is 0 Å². The summed E-state index contributed by atoms with van der Waals surface area (Å²) in [4.78, 5) is 14.1. The molecule has 1 fully saturated rings. The van der Waals surface area contributed by atoms with E-state index < -0.39 is 0 Å². The van der Waals surface area contributed by atoms with Crippen LogP contribution in [-0.2, 0) is 0 Å². The maximum atomic E-state index is 11.9. The molecule has 0 spiro atoms. The van der Waals surface area contributed by atoms with E-state index in [9.17, 15) is 4.79 Å². The lowest BCUT2D eigenvalue weighted by Gasteiger charge is -2.38. The van der Waals surface area contributed by atoms with Crippen molar-refractivity contribution in [2.45, 2.75) is 18.6 Å². The number of aromatic nitrogens is 1. The van der Waals surface area contributed by atoms with Gasteiger partial charge in [0, 0.05) is 30.6 Å². The van der Waals surface area contributed by atoms with Gasteiger partial charge < -0.3 is 16.0 Å². The second-order valence-corrected chi connectivity index (χ2v) is 7.41. The first-order valence-electron chi connectivity index (χ1n) is 5.81. The molecular formula is C11H18N4OS2. The van der Waals surface area contributed by atoms with Gasteiger partial charge in [0.15, 0.2) is 5.82 Å². The molecule has 1 aliphatic heterocycles. The lowest BCUT2D eigenvalue weighted by atomic mass is 10.1. The van der Waals surface area contributed by atoms with Crippen molar-refractivity contribution < 1.29 is 4.79 Å². The van der Waals surface area contributed by atoms with Gasteiger partial charge in [0.1, 0.15) is 10.6 Å². The molecule has 1 aromatic heterocycles. The van der Waals surface area contributed by atoms with Gasteiger partial charge in [-0.1, -0.05) is 0 Å². The number of nitrogens with zero attached hydrogens (tertiary/aromatic N) is 2. The van der Waals surface area contributed by atoms with Gasteiger partial charge in [0.2, 0.25) is 0 Å². The Bertz CT molecular complexity index is 458. The minimum Gasteiger partial charge on any atom is -0.382 e. The molecule has 1 amide bonds. The zero-order chi connectivity index (χ0) is 13.3. The number of thioether (sulfide) groups is 1. The van der Waals surface area contributed by atoms with Crippen molar-refractivity contribution in [1.29, 1.82) is 0 Å². The van der Waals surface area contributed by atoms with Gasteiger partial charge in [-0.15, -0.1) is 0 Å². The Labute approximate surface area is 115 Å². The van der Waals surface area contributed by atoms with Crippen molar-refractivity contribution in [3.63, 3.8) is 0 Å². The minimum absolute atomic E-state index is 0.160. The van der Waals surface area contributed by atoms with Gasteiger partial charge in [-0.2, -0.15) is 16.1 Å². The van der Waals surface area contributed by atoms with Crippen LogP contribution >= 0.6 is 23.3 Å². The van der Waals surface area contributed by atoms with Gasteiger partial charge in [-0.3, -0.25) is 4.79 Å². The molecule has 5 nitrogen and oxygen atoms in total. The average molecular weight is 286 g/mol. The normalized spacial score (nSPS) is 18.7. The summed E-state index contributed by atoms with van der Waals surface area (Å²) in [5, 5.41) is 3.51. The van der Waals surface area contributed by atoms with E-state index in [0.717, 1.165) is 23.8 Å². The highest BCUT2D eigenvalue weighted by atomic mass is 32.2. The van der Waals surface area contributed by atoms with E-state index in [-0.39, 0.29) is 10.7 Å². The highest BCUT2D eigenvalue weighted by Crippen LogP contribution is 2.37. The third-order valence-electron chi connectivity index (χ3n) is 2.87. The van der Waals surface area contributed by atoms with Crippen LogP contribution in [-0.4, -0.2) is 40.9 Å². The average Bonchev–Trinajstić information content (AvgIpc) is 2.69. The smallest absolute Gasteiger partial charge is 0.257 e. The van der Waals surface area contributed by atoms with E-state index in [0.29, 0.717) is 11.4 Å². The van der Waals surface area contributed by atoms with E-state index in [1.54, 1.807) is 7.05 Å². The van der Waals surface area contributed by atoms with E-state index in [4.69, 9.17) is 5.73 Å². The zero-order valence-electron chi connectivity index (χ0n) is 10.8. The second-order valence-electron chi connectivity index (χ2n) is 4.86. The van der Waals surface area contributed by atoms with Crippen LogP contribution < -0.4 is 16.0 Å². The number of nitrogens with one attached hydrogen (secondary N) is 1. The third-order valence-corrected chi connectivity index (χ3v) is 5.09. The molecule has 0 aromatic carbocycles. The first kappa shape index (κ1) is 13.5. The number of nitrogen functional groups attached to an aromatic ring is 1. The van der Waals surface area contributed by atoms with E-state index >= 15 is 0 Å². The number of carbonyl (C=O) groups is 1. The topological polar surface area (TPSA) is 71.2 Å². The monoisotopic (exact) mass is 286 g/mol. The zero-order valence-corrected chi connectivity index (χ0v) is 12.5. The van der Waals surface area contributed by atoms with Crippen molar-refractivity contribution in [2.75, 3.05) is 36.5 Å². The lowest BCUT2D eigenvalue weighted by molar-refractivity contribution is 0.0964. The number of carbonyl (C=O) groups excluding carboxylic acids is 1. The molecule has 100 valence electrons. The minimum atomic E-state index is -0.160. The Morgan fingerprint density at radius 1 is 1.56 bits per heavy atom. The molecule has 2 rings (SSSR count). The van der Waals surface area contributed by atoms with Crippen molar-refractivity contribution in [1.82, 2.24) is 9.69 Å². The van der Waals surface area contributed by atoms with Crippen LogP contribution in [0.5, 0.6) is 0 Å². The third kappa shape index (κ3) is 2.56. The first-order valence-corrected chi connectivity index (χ1v) is 7.56. The summed E-state index contributed by atoms with van der Waals surface area (Å²) in [6.45, 7) is 6.27. The molecule has 18 heavy (non-hydrogen) atoms. The van der Waals surface area contributed by atoms with Gasteiger partial charge in [-0.05, 0) is 25.4 Å². The van der Waals surface area contributed by atoms with Crippen LogP contribution in [0, 0.1) is 0 Å². The van der Waals surface area contributed by atoms with Gasteiger partial charge in [0.25, 0.3) is 5.91 Å². The molecule has 0 aliphatic carbocycles. The van der Waals surface area contributed by atoms with Gasteiger partial charge in [0.05, 0.1) is 0 Å². The molecule has 1 aliphatic rings. The predicted molar refractivity (Wildman–Crippen MR) is 78.7 cm³/mol. The molecular weight excluding hydrogens is 268 g/mol. The summed E-state index contributed by atoms with van der Waals surface area (Å²) in [5.41, 5.74) is 6.32. The highest BCUT2D eigenvalue weighted by molar-refractivity contribution is 8.00. The standard InChI is InChI=1S/C11H18N4OS2/c1-11(2)6-15(4-5-17-11)10-7(9(16)13-3)8(12)14-18-10/h4-6H2,1-3H3,(H2,12,14)(H,13,16). The molecule has 0 atom stereocenters. The van der Waals surface area contributed by atoms with E-state index in [1.807, 2.05) is 11.8 Å². The second kappa shape index (κ2) is 4.97. The quantitative estimate of drug-likeness (QED) is 0.860. The molecule has 2 heterocycles. The fourth-order valence-corrected chi connectivity index (χ4v) is 3.98. The van der Waals surface area contributed by atoms with Crippen molar-refractivity contribution in [2.24, 2.45) is 0 Å². The number of hydrogen-bond donors (Lipinski definition) is 2. The van der Waals surface area contributed by atoms with Gasteiger partial charge in [-0.25, -0.2) is 0 Å². The Morgan fingerprint density at radius 2 is 2.28 bits per heavy atom. The maximum absolute atomic E-state index is 11.9. The molecule has 3 N–H and O–H groups in total. The lowest BCUT2D eigenvalue weighted by Crippen LogP contribution is -2.43. The molecule has 1 aromatic rings. The van der Waals surface area contributed by atoms with Crippen LogP contribution in [0.3, 0.4) is 0 Å². The van der Waals surface area contributed by atoms with Crippen LogP contribution in [0.15, 0.2) is 0 Å². The summed E-state index contributed by atoms with van der Waals surface area (Å²) < 4.78 is 4.31. The predicted octanol–water partition coefficient (Wildman–Crippen LogP) is 1.42. The Hall–Kier alpha value is -0.950. The number of anilines is 2. The summed E-state index contributed by atoms with van der Waals surface area (Å²) in [7, 11) is 1.61. The van der Waals surface area contributed by atoms with Crippen molar-refractivity contribution >= 4 is 40.0 Å². The number of rotatable bonds is 2. The van der Waals surface area contributed by atoms with E-state index in [1.165, 1.54) is 11.5 Å². The fraction of sp³-hybridized carbons (Fsp3) is 0.636. The fourth-order valence-electron chi connectivity index (χ4n) is 2.04. The van der Waals surface area contributed by atoms with Crippen molar-refractivity contribution in [3.05, 3.63) is 5.56 Å². The molecule has 0 radical (unpaired) electrons. The molecule has 0 saturated carbocycles. The summed E-state index contributed by atoms with van der Waals surface area (Å²) in [6.07, 6.45) is 0. The maximum Gasteiger partial charge on any atom is 0.257 e. The number of nitrogens with two attached hydrogens (primary N) is 1. The van der Waals surface area contributed by atoms with Gasteiger partial charge >= 0.3 is 0 Å². The Kier molecular flexibility index (Phi) is 3.72. The summed E-state index contributed by atoms with van der Waals surface area (Å²) in [5.74, 6) is 1.22. The SMILES string of the molecule is CNC(=O)c1c(N)nsc1N1CCSC(C)(C)C1. The van der Waals surface area contributed by atoms with Crippen LogP contribution in [0.2, 0.25) is 0 Å². The molecule has 0 unspecified atom stereocenters. The molecule has 1 saturated heterocycles. The summed E-state index contributed by atoms with van der Waals surface area (Å²) in [6, 6.07) is 0. The number of amides is 1. The van der Waals surface area contributed by atoms with E-state index in [2.05, 4.69) is 28.4 Å². The van der Waals surface area contributed by atoms with Crippen LogP contribution in [0.25, 0.3) is 0 Å². The van der Waals surface area contributed by atoms with Crippen LogP contribution in [0.4, 0.5) is 10.8 Å².